The van der Waals surface area contributed by atoms with Crippen LogP contribution in [-0.4, -0.2) is 25.2 Å². The molecule has 0 amide bonds. The minimum atomic E-state index is 0.0292. The van der Waals surface area contributed by atoms with Crippen molar-refractivity contribution in [2.45, 2.75) is 38.8 Å². The normalized spacial score (nSPS) is 12.7. The van der Waals surface area contributed by atoms with Crippen LogP contribution in [0.2, 0.25) is 0 Å². The van der Waals surface area contributed by atoms with E-state index in [1.54, 1.807) is 0 Å². The molecule has 0 fully saturated rings. The van der Waals surface area contributed by atoms with E-state index in [2.05, 4.69) is 16.9 Å². The van der Waals surface area contributed by atoms with Crippen LogP contribution in [0.1, 0.15) is 32.6 Å². The van der Waals surface area contributed by atoms with Crippen molar-refractivity contribution in [3.8, 4) is 0 Å². The number of hydrogen-bond donors (Lipinski definition) is 0. The molecule has 0 aliphatic rings. The van der Waals surface area contributed by atoms with Crippen molar-refractivity contribution in [2.24, 2.45) is 5.11 Å². The third kappa shape index (κ3) is 4.99. The molecule has 0 rings (SSSR count). The van der Waals surface area contributed by atoms with Gasteiger partial charge in [-0.15, -0.1) is 0 Å². The number of nitrogens with zero attached hydrogens (tertiary/aromatic N) is 4. The molecular weight excluding hydrogens is 152 g/mol. The number of hydrogen-bond acceptors (Lipinski definition) is 2. The summed E-state index contributed by atoms with van der Waals surface area (Å²) >= 11 is 0. The smallest absolute Gasteiger partial charge is 0.0881 e. The number of rotatable bonds is 6. The predicted octanol–water partition coefficient (Wildman–Crippen LogP) is 2.76. The fourth-order valence-corrected chi connectivity index (χ4v) is 1.06. The van der Waals surface area contributed by atoms with E-state index in [1.165, 1.54) is 12.8 Å². The quantitative estimate of drug-likeness (QED) is 0.262. The van der Waals surface area contributed by atoms with E-state index < -0.39 is 0 Å². The highest BCUT2D eigenvalue weighted by molar-refractivity contribution is 4.63. The summed E-state index contributed by atoms with van der Waals surface area (Å²) in [5, 5.41) is 3.70. The molecule has 0 radical (unpaired) electrons. The summed E-state index contributed by atoms with van der Waals surface area (Å²) in [6.07, 6.45) is 4.55. The number of azide groups is 1. The monoisotopic (exact) mass is 170 g/mol. The van der Waals surface area contributed by atoms with E-state index >= 15 is 0 Å². The van der Waals surface area contributed by atoms with Gasteiger partial charge in [-0.25, -0.2) is 0 Å². The van der Waals surface area contributed by atoms with Crippen LogP contribution < -0.4 is 0 Å². The molecule has 0 aliphatic heterocycles. The maximum absolute atomic E-state index is 8.27. The van der Waals surface area contributed by atoms with Crippen LogP contribution in [0.5, 0.6) is 0 Å². The van der Waals surface area contributed by atoms with E-state index in [9.17, 15) is 0 Å². The highest BCUT2D eigenvalue weighted by Gasteiger charge is 2.06. The van der Waals surface area contributed by atoms with Crippen molar-refractivity contribution in [3.63, 3.8) is 0 Å². The molecule has 0 heterocycles. The molecule has 0 spiro atoms. The molecule has 0 bridgehead atoms. The lowest BCUT2D eigenvalue weighted by molar-refractivity contribution is 0.279. The fraction of sp³-hybridized carbons (Fsp3) is 1.00. The molecule has 0 aliphatic carbocycles. The lowest BCUT2D eigenvalue weighted by atomic mass is 10.2. The van der Waals surface area contributed by atoms with Gasteiger partial charge in [0.05, 0.1) is 6.17 Å². The van der Waals surface area contributed by atoms with E-state index in [1.807, 2.05) is 19.0 Å². The Morgan fingerprint density at radius 3 is 2.50 bits per heavy atom. The molecule has 0 saturated heterocycles. The maximum atomic E-state index is 8.27. The van der Waals surface area contributed by atoms with Gasteiger partial charge in [-0.1, -0.05) is 31.3 Å². The highest BCUT2D eigenvalue weighted by atomic mass is 15.3. The van der Waals surface area contributed by atoms with Crippen molar-refractivity contribution >= 4 is 0 Å². The Labute approximate surface area is 74.2 Å². The Morgan fingerprint density at radius 2 is 2.08 bits per heavy atom. The Bertz CT molecular complexity index is 149. The van der Waals surface area contributed by atoms with Crippen molar-refractivity contribution in [1.82, 2.24) is 4.90 Å². The average molecular weight is 170 g/mol. The van der Waals surface area contributed by atoms with E-state index in [0.29, 0.717) is 0 Å². The van der Waals surface area contributed by atoms with Gasteiger partial charge in [0.1, 0.15) is 0 Å². The first-order valence-corrected chi connectivity index (χ1v) is 4.43. The van der Waals surface area contributed by atoms with Crippen LogP contribution in [0, 0.1) is 0 Å². The third-order valence-electron chi connectivity index (χ3n) is 1.85. The number of unbranched alkanes of at least 4 members (excludes halogenated alkanes) is 2. The van der Waals surface area contributed by atoms with Gasteiger partial charge < -0.3 is 4.90 Å². The van der Waals surface area contributed by atoms with E-state index in [-0.39, 0.29) is 6.17 Å². The molecule has 12 heavy (non-hydrogen) atoms. The molecule has 4 heteroatoms. The minimum Gasteiger partial charge on any atom is -0.301 e. The van der Waals surface area contributed by atoms with Crippen molar-refractivity contribution in [2.75, 3.05) is 14.1 Å². The summed E-state index contributed by atoms with van der Waals surface area (Å²) in [6.45, 7) is 2.16. The molecular formula is C8H18N4. The lowest BCUT2D eigenvalue weighted by Gasteiger charge is -2.18. The predicted molar refractivity (Wildman–Crippen MR) is 50.8 cm³/mol. The van der Waals surface area contributed by atoms with Crippen LogP contribution in [-0.2, 0) is 0 Å². The lowest BCUT2D eigenvalue weighted by Crippen LogP contribution is -2.25. The first-order valence-electron chi connectivity index (χ1n) is 4.43. The third-order valence-corrected chi connectivity index (χ3v) is 1.85. The molecule has 1 unspecified atom stereocenters. The van der Waals surface area contributed by atoms with Crippen LogP contribution in [0.15, 0.2) is 5.11 Å². The second kappa shape index (κ2) is 6.95. The van der Waals surface area contributed by atoms with Gasteiger partial charge in [0, 0.05) is 4.91 Å². The Hall–Kier alpha value is -0.730. The summed E-state index contributed by atoms with van der Waals surface area (Å²) in [6, 6.07) is 0. The fourth-order valence-electron chi connectivity index (χ4n) is 1.06. The molecule has 1 atom stereocenters. The standard InChI is InChI=1S/C8H18N4/c1-4-5-6-7-8(10-11-9)12(2)3/h8H,4-7H2,1-3H3. The van der Waals surface area contributed by atoms with Crippen LogP contribution >= 0.6 is 0 Å². The Balaban J connectivity index is 3.71. The van der Waals surface area contributed by atoms with Gasteiger partial charge in [0.25, 0.3) is 0 Å². The van der Waals surface area contributed by atoms with Crippen LogP contribution in [0.4, 0.5) is 0 Å². The second-order valence-electron chi connectivity index (χ2n) is 3.14. The zero-order chi connectivity index (χ0) is 9.40. The molecule has 4 nitrogen and oxygen atoms in total. The summed E-state index contributed by atoms with van der Waals surface area (Å²) in [5.41, 5.74) is 8.27. The van der Waals surface area contributed by atoms with Crippen molar-refractivity contribution < 1.29 is 0 Å². The van der Waals surface area contributed by atoms with Gasteiger partial charge in [-0.3, -0.25) is 0 Å². The summed E-state index contributed by atoms with van der Waals surface area (Å²) < 4.78 is 0. The average Bonchev–Trinajstić information content (AvgIpc) is 2.03. The zero-order valence-electron chi connectivity index (χ0n) is 8.19. The van der Waals surface area contributed by atoms with Gasteiger partial charge in [0.15, 0.2) is 0 Å². The van der Waals surface area contributed by atoms with Crippen LogP contribution in [0.3, 0.4) is 0 Å². The molecule has 0 N–H and O–H groups in total. The SMILES string of the molecule is CCCCCC(N=[N+]=[N-])N(C)C. The van der Waals surface area contributed by atoms with Crippen molar-refractivity contribution in [1.29, 1.82) is 0 Å². The Morgan fingerprint density at radius 1 is 1.42 bits per heavy atom. The van der Waals surface area contributed by atoms with Gasteiger partial charge in [-0.2, -0.15) is 0 Å². The van der Waals surface area contributed by atoms with Gasteiger partial charge in [-0.05, 0) is 26.0 Å². The maximum Gasteiger partial charge on any atom is 0.0881 e. The summed E-state index contributed by atoms with van der Waals surface area (Å²) in [4.78, 5) is 4.77. The van der Waals surface area contributed by atoms with Gasteiger partial charge >= 0.3 is 0 Å². The first kappa shape index (κ1) is 11.3. The van der Waals surface area contributed by atoms with Crippen LogP contribution in [0.25, 0.3) is 10.4 Å². The van der Waals surface area contributed by atoms with Gasteiger partial charge in [0.2, 0.25) is 0 Å². The first-order chi connectivity index (χ1) is 5.72. The molecule has 0 saturated carbocycles. The molecule has 0 aromatic carbocycles. The molecule has 0 aromatic rings. The summed E-state index contributed by atoms with van der Waals surface area (Å²) in [5.74, 6) is 0. The largest absolute Gasteiger partial charge is 0.301 e. The topological polar surface area (TPSA) is 52.0 Å². The molecule has 70 valence electrons. The Kier molecular flexibility index (Phi) is 6.53. The van der Waals surface area contributed by atoms with Crippen molar-refractivity contribution in [3.05, 3.63) is 10.4 Å². The summed E-state index contributed by atoms with van der Waals surface area (Å²) in [7, 11) is 3.87. The highest BCUT2D eigenvalue weighted by Crippen LogP contribution is 2.08. The van der Waals surface area contributed by atoms with E-state index in [0.717, 1.165) is 12.8 Å². The zero-order valence-corrected chi connectivity index (χ0v) is 8.19. The van der Waals surface area contributed by atoms with E-state index in [4.69, 9.17) is 5.53 Å². The minimum absolute atomic E-state index is 0.0292. The second-order valence-corrected chi connectivity index (χ2v) is 3.14. The molecule has 0 aromatic heterocycles.